The largest absolute Gasteiger partial charge is 0.310 e. The predicted molar refractivity (Wildman–Crippen MR) is 103 cm³/mol. The van der Waals surface area contributed by atoms with E-state index in [2.05, 4.69) is 15.3 Å². The van der Waals surface area contributed by atoms with Crippen molar-refractivity contribution in [3.8, 4) is 5.69 Å². The second-order valence-corrected chi connectivity index (χ2v) is 6.61. The summed E-state index contributed by atoms with van der Waals surface area (Å²) in [7, 11) is 0. The molecule has 0 spiro atoms. The highest BCUT2D eigenvalue weighted by Crippen LogP contribution is 2.27. The third-order valence-corrected chi connectivity index (χ3v) is 4.92. The van der Waals surface area contributed by atoms with E-state index in [1.807, 2.05) is 54.6 Å². The van der Waals surface area contributed by atoms with Gasteiger partial charge >= 0.3 is 0 Å². The maximum atomic E-state index is 12.8. The molecular formula is C20H16N6O2. The number of hydrogen-bond acceptors (Lipinski definition) is 5. The van der Waals surface area contributed by atoms with E-state index in [-0.39, 0.29) is 23.5 Å². The van der Waals surface area contributed by atoms with Gasteiger partial charge in [0.15, 0.2) is 11.2 Å². The lowest BCUT2D eigenvalue weighted by Gasteiger charge is -2.17. The Kier molecular flexibility index (Phi) is 3.75. The summed E-state index contributed by atoms with van der Waals surface area (Å²) in [5.74, 6) is -0.149. The van der Waals surface area contributed by atoms with E-state index in [0.29, 0.717) is 12.2 Å². The van der Waals surface area contributed by atoms with Crippen molar-refractivity contribution in [2.45, 2.75) is 13.0 Å². The van der Waals surface area contributed by atoms with Crippen molar-refractivity contribution in [2.24, 2.45) is 0 Å². The molecule has 3 heterocycles. The first kappa shape index (κ1) is 16.4. The Bertz CT molecular complexity index is 1240. The number of carbonyl (C=O) groups is 1. The Balaban J connectivity index is 1.47. The van der Waals surface area contributed by atoms with Gasteiger partial charge in [0.2, 0.25) is 5.91 Å². The van der Waals surface area contributed by atoms with Crippen molar-refractivity contribution in [1.82, 2.24) is 24.5 Å². The molecule has 2 aromatic carbocycles. The number of para-hydroxylation sites is 2. The molecule has 5 rings (SSSR count). The van der Waals surface area contributed by atoms with E-state index in [4.69, 9.17) is 0 Å². The molecule has 8 nitrogen and oxygen atoms in total. The molecule has 0 saturated carbocycles. The minimum atomic E-state index is -0.381. The van der Waals surface area contributed by atoms with E-state index in [1.54, 1.807) is 4.90 Å². The summed E-state index contributed by atoms with van der Waals surface area (Å²) in [5.41, 5.74) is 2.94. The van der Waals surface area contributed by atoms with Crippen molar-refractivity contribution >= 4 is 22.8 Å². The molecule has 0 unspecified atom stereocenters. The number of anilines is 1. The van der Waals surface area contributed by atoms with Gasteiger partial charge in [0.05, 0.1) is 5.69 Å². The smallest absolute Gasteiger partial charge is 0.284 e. The minimum Gasteiger partial charge on any atom is -0.310 e. The van der Waals surface area contributed by atoms with Crippen molar-refractivity contribution in [2.75, 3.05) is 11.4 Å². The van der Waals surface area contributed by atoms with Crippen LogP contribution in [0.25, 0.3) is 16.9 Å². The average Bonchev–Trinajstić information content (AvgIpc) is 3.35. The number of amides is 1. The van der Waals surface area contributed by atoms with Crippen LogP contribution in [0, 0.1) is 0 Å². The zero-order chi connectivity index (χ0) is 19.1. The first-order valence-electron chi connectivity index (χ1n) is 8.97. The molecule has 0 bridgehead atoms. The van der Waals surface area contributed by atoms with Crippen LogP contribution in [0.15, 0.2) is 65.7 Å². The lowest BCUT2D eigenvalue weighted by atomic mass is 10.2. The summed E-state index contributed by atoms with van der Waals surface area (Å²) in [6.07, 6.45) is 2.20. The Morgan fingerprint density at radius 3 is 2.68 bits per heavy atom. The van der Waals surface area contributed by atoms with Gasteiger partial charge in [0.1, 0.15) is 12.9 Å². The number of benzene rings is 2. The van der Waals surface area contributed by atoms with Crippen LogP contribution in [0.5, 0.6) is 0 Å². The fraction of sp³-hybridized carbons (Fsp3) is 0.150. The molecule has 28 heavy (non-hydrogen) atoms. The van der Waals surface area contributed by atoms with Gasteiger partial charge in [-0.05, 0) is 30.2 Å². The monoisotopic (exact) mass is 372 g/mol. The molecule has 138 valence electrons. The van der Waals surface area contributed by atoms with Crippen molar-refractivity contribution in [3.05, 3.63) is 76.8 Å². The minimum absolute atomic E-state index is 0.0890. The molecule has 0 saturated heterocycles. The van der Waals surface area contributed by atoms with Gasteiger partial charge in [-0.15, -0.1) is 5.10 Å². The van der Waals surface area contributed by atoms with Crippen LogP contribution in [0.1, 0.15) is 5.56 Å². The van der Waals surface area contributed by atoms with Gasteiger partial charge in [-0.3, -0.25) is 14.2 Å². The molecule has 0 fully saturated rings. The van der Waals surface area contributed by atoms with E-state index >= 15 is 0 Å². The predicted octanol–water partition coefficient (Wildman–Crippen LogP) is 1.57. The number of carbonyl (C=O) groups excluding carboxylic acids is 1. The molecular weight excluding hydrogens is 356 g/mol. The number of rotatable bonds is 3. The van der Waals surface area contributed by atoms with E-state index < -0.39 is 0 Å². The molecule has 0 N–H and O–H groups in total. The van der Waals surface area contributed by atoms with Crippen LogP contribution in [-0.4, -0.2) is 37.0 Å². The maximum Gasteiger partial charge on any atom is 0.284 e. The maximum absolute atomic E-state index is 12.8. The van der Waals surface area contributed by atoms with Crippen LogP contribution in [0.2, 0.25) is 0 Å². The van der Waals surface area contributed by atoms with Crippen LogP contribution >= 0.6 is 0 Å². The zero-order valence-electron chi connectivity index (χ0n) is 14.9. The quantitative estimate of drug-likeness (QED) is 0.545. The summed E-state index contributed by atoms with van der Waals surface area (Å²) >= 11 is 0. The molecule has 2 aromatic heterocycles. The summed E-state index contributed by atoms with van der Waals surface area (Å²) < 4.78 is 2.80. The summed E-state index contributed by atoms with van der Waals surface area (Å²) in [6, 6.07) is 17.2. The van der Waals surface area contributed by atoms with Crippen molar-refractivity contribution < 1.29 is 4.79 Å². The number of fused-ring (bicyclic) bond motifs is 2. The molecule has 0 radical (unpaired) electrons. The van der Waals surface area contributed by atoms with Gasteiger partial charge in [-0.25, -0.2) is 4.98 Å². The Morgan fingerprint density at radius 2 is 1.82 bits per heavy atom. The van der Waals surface area contributed by atoms with Gasteiger partial charge < -0.3 is 4.90 Å². The van der Waals surface area contributed by atoms with Gasteiger partial charge in [-0.1, -0.05) is 41.6 Å². The lowest BCUT2D eigenvalue weighted by Crippen LogP contribution is -2.35. The molecule has 1 amide bonds. The standard InChI is InChI=1S/C20H16N6O2/c27-17(25-11-10-14-6-4-5-9-16(14)25)12-24-13-21-19-18(20(24)28)22-23-26(19)15-7-2-1-3-8-15/h1-9,13H,10-12H2. The van der Waals surface area contributed by atoms with Crippen LogP contribution in [-0.2, 0) is 17.8 Å². The molecule has 1 aliphatic rings. The highest BCUT2D eigenvalue weighted by Gasteiger charge is 2.25. The highest BCUT2D eigenvalue weighted by atomic mass is 16.2. The Morgan fingerprint density at radius 1 is 1.04 bits per heavy atom. The topological polar surface area (TPSA) is 85.9 Å². The summed E-state index contributed by atoms with van der Waals surface area (Å²) in [6.45, 7) is 0.529. The van der Waals surface area contributed by atoms with Gasteiger partial charge in [0, 0.05) is 12.2 Å². The third-order valence-electron chi connectivity index (χ3n) is 4.92. The first-order chi connectivity index (χ1) is 13.7. The van der Waals surface area contributed by atoms with E-state index in [9.17, 15) is 9.59 Å². The highest BCUT2D eigenvalue weighted by molar-refractivity contribution is 5.95. The molecule has 8 heteroatoms. The Labute approximate surface area is 159 Å². The lowest BCUT2D eigenvalue weighted by molar-refractivity contribution is -0.119. The summed E-state index contributed by atoms with van der Waals surface area (Å²) in [4.78, 5) is 31.6. The Hall–Kier alpha value is -3.81. The second-order valence-electron chi connectivity index (χ2n) is 6.61. The van der Waals surface area contributed by atoms with Crippen molar-refractivity contribution in [1.29, 1.82) is 0 Å². The number of aromatic nitrogens is 5. The van der Waals surface area contributed by atoms with E-state index in [1.165, 1.54) is 15.6 Å². The first-order valence-corrected chi connectivity index (χ1v) is 8.97. The SMILES string of the molecule is O=C(Cn1cnc2c(nnn2-c2ccccc2)c1=O)N1CCc2ccccc21. The van der Waals surface area contributed by atoms with E-state index in [0.717, 1.165) is 23.4 Å². The molecule has 0 aliphatic carbocycles. The van der Waals surface area contributed by atoms with Crippen LogP contribution < -0.4 is 10.5 Å². The van der Waals surface area contributed by atoms with Crippen LogP contribution in [0.3, 0.4) is 0 Å². The summed E-state index contributed by atoms with van der Waals surface area (Å²) in [5, 5.41) is 8.04. The normalized spacial score (nSPS) is 13.1. The van der Waals surface area contributed by atoms with Crippen LogP contribution in [0.4, 0.5) is 5.69 Å². The molecule has 1 aliphatic heterocycles. The van der Waals surface area contributed by atoms with Gasteiger partial charge in [-0.2, -0.15) is 4.68 Å². The fourth-order valence-electron chi connectivity index (χ4n) is 3.53. The second kappa shape index (κ2) is 6.41. The van der Waals surface area contributed by atoms with Crippen molar-refractivity contribution in [3.63, 3.8) is 0 Å². The number of hydrogen-bond donors (Lipinski definition) is 0. The fourth-order valence-corrected chi connectivity index (χ4v) is 3.53. The third kappa shape index (κ3) is 2.58. The zero-order valence-corrected chi connectivity index (χ0v) is 14.9. The molecule has 4 aromatic rings. The molecule has 0 atom stereocenters. The number of nitrogens with zero attached hydrogens (tertiary/aromatic N) is 6. The van der Waals surface area contributed by atoms with Gasteiger partial charge in [0.25, 0.3) is 5.56 Å². The average molecular weight is 372 g/mol.